The Kier molecular flexibility index (Phi) is 4.04. The lowest BCUT2D eigenvalue weighted by atomic mass is 9.87. The van der Waals surface area contributed by atoms with E-state index in [1.165, 1.54) is 6.92 Å². The molecular weight excluding hydrogens is 188 g/mol. The maximum absolute atomic E-state index is 11.8. The number of aliphatic hydroxyl groups is 1. The normalized spacial score (nSPS) is 14.7. The van der Waals surface area contributed by atoms with Gasteiger partial charge in [0, 0.05) is 5.92 Å². The third-order valence-corrected chi connectivity index (χ3v) is 2.73. The molecule has 0 aromatic heterocycles. The van der Waals surface area contributed by atoms with Crippen molar-refractivity contribution in [2.75, 3.05) is 0 Å². The molecule has 0 aliphatic heterocycles. The number of hydrogen-bond acceptors (Lipinski definition) is 2. The van der Waals surface area contributed by atoms with Crippen LogP contribution in [0.1, 0.15) is 37.3 Å². The molecule has 0 saturated heterocycles. The van der Waals surface area contributed by atoms with Gasteiger partial charge in [-0.2, -0.15) is 0 Å². The molecule has 0 fully saturated rings. The number of ketones is 1. The molecule has 1 aromatic carbocycles. The lowest BCUT2D eigenvalue weighted by Gasteiger charge is -2.17. The van der Waals surface area contributed by atoms with Crippen molar-refractivity contribution in [1.29, 1.82) is 0 Å². The zero-order valence-corrected chi connectivity index (χ0v) is 9.53. The molecule has 2 atom stereocenters. The molecule has 0 aliphatic carbocycles. The Balaban J connectivity index is 3.03. The van der Waals surface area contributed by atoms with E-state index in [0.717, 1.165) is 17.5 Å². The predicted molar refractivity (Wildman–Crippen MR) is 60.9 cm³/mol. The molecular formula is C13H18O2. The molecule has 0 bridgehead atoms. The maximum atomic E-state index is 11.8. The fourth-order valence-corrected chi connectivity index (χ4v) is 1.84. The van der Waals surface area contributed by atoms with E-state index in [1.807, 2.05) is 38.1 Å². The largest absolute Gasteiger partial charge is 0.386 e. The van der Waals surface area contributed by atoms with Gasteiger partial charge in [-0.3, -0.25) is 4.79 Å². The average molecular weight is 206 g/mol. The molecule has 0 heterocycles. The van der Waals surface area contributed by atoms with E-state index in [9.17, 15) is 9.90 Å². The first-order valence-corrected chi connectivity index (χ1v) is 5.35. The van der Waals surface area contributed by atoms with Gasteiger partial charge in [-0.15, -0.1) is 0 Å². The first-order valence-electron chi connectivity index (χ1n) is 5.35. The summed E-state index contributed by atoms with van der Waals surface area (Å²) in [6.45, 7) is 5.49. The van der Waals surface area contributed by atoms with Crippen molar-refractivity contribution in [3.8, 4) is 0 Å². The molecule has 0 radical (unpaired) electrons. The van der Waals surface area contributed by atoms with Gasteiger partial charge >= 0.3 is 0 Å². The molecule has 1 aromatic rings. The average Bonchev–Trinajstić information content (AvgIpc) is 2.21. The Labute approximate surface area is 90.9 Å². The van der Waals surface area contributed by atoms with E-state index < -0.39 is 6.10 Å². The van der Waals surface area contributed by atoms with Crippen LogP contribution in [0.25, 0.3) is 0 Å². The predicted octanol–water partition coefficient (Wildman–Crippen LogP) is 2.44. The Bertz CT molecular complexity index is 342. The fraction of sp³-hybridized carbons (Fsp3) is 0.462. The van der Waals surface area contributed by atoms with Crippen molar-refractivity contribution in [3.63, 3.8) is 0 Å². The molecule has 0 amide bonds. The Morgan fingerprint density at radius 2 is 2.00 bits per heavy atom. The van der Waals surface area contributed by atoms with E-state index in [4.69, 9.17) is 0 Å². The molecule has 15 heavy (non-hydrogen) atoms. The number of benzene rings is 1. The molecule has 2 heteroatoms. The van der Waals surface area contributed by atoms with Crippen LogP contribution in [0, 0.1) is 6.92 Å². The van der Waals surface area contributed by atoms with Crippen LogP contribution in [0.5, 0.6) is 0 Å². The van der Waals surface area contributed by atoms with E-state index >= 15 is 0 Å². The molecule has 82 valence electrons. The highest BCUT2D eigenvalue weighted by molar-refractivity contribution is 5.89. The second-order valence-corrected chi connectivity index (χ2v) is 3.90. The number of Topliss-reactive ketones (excluding diaryl/α,β-unsaturated/α-hetero) is 1. The number of carbonyl (C=O) groups excluding carboxylic acids is 1. The van der Waals surface area contributed by atoms with Crippen molar-refractivity contribution in [3.05, 3.63) is 35.4 Å². The number of aryl methyl sites for hydroxylation is 1. The summed E-state index contributed by atoms with van der Waals surface area (Å²) >= 11 is 0. The minimum absolute atomic E-state index is 0.0909. The molecule has 1 rings (SSSR count). The summed E-state index contributed by atoms with van der Waals surface area (Å²) < 4.78 is 0. The van der Waals surface area contributed by atoms with Gasteiger partial charge in [0.25, 0.3) is 0 Å². The monoisotopic (exact) mass is 206 g/mol. The molecule has 1 N–H and O–H groups in total. The highest BCUT2D eigenvalue weighted by Crippen LogP contribution is 2.24. The van der Waals surface area contributed by atoms with E-state index in [1.54, 1.807) is 0 Å². The minimum atomic E-state index is -0.880. The van der Waals surface area contributed by atoms with Crippen LogP contribution in [-0.2, 0) is 4.79 Å². The highest BCUT2D eigenvalue weighted by Gasteiger charge is 2.23. The summed E-state index contributed by atoms with van der Waals surface area (Å²) in [7, 11) is 0. The van der Waals surface area contributed by atoms with Crippen LogP contribution in [0.4, 0.5) is 0 Å². The van der Waals surface area contributed by atoms with Crippen molar-refractivity contribution in [2.45, 2.75) is 39.2 Å². The Hall–Kier alpha value is -1.15. The topological polar surface area (TPSA) is 37.3 Å². The van der Waals surface area contributed by atoms with Crippen LogP contribution in [0.15, 0.2) is 24.3 Å². The number of carbonyl (C=O) groups is 1. The van der Waals surface area contributed by atoms with Crippen LogP contribution in [0.3, 0.4) is 0 Å². The lowest BCUT2D eigenvalue weighted by molar-refractivity contribution is -0.127. The van der Waals surface area contributed by atoms with Crippen molar-refractivity contribution >= 4 is 5.78 Å². The van der Waals surface area contributed by atoms with Gasteiger partial charge in [-0.05, 0) is 31.4 Å². The van der Waals surface area contributed by atoms with Gasteiger partial charge in [0.1, 0.15) is 6.10 Å². The summed E-state index contributed by atoms with van der Waals surface area (Å²) in [5.41, 5.74) is 2.14. The van der Waals surface area contributed by atoms with Crippen LogP contribution >= 0.6 is 0 Å². The van der Waals surface area contributed by atoms with Gasteiger partial charge in [0.15, 0.2) is 5.78 Å². The summed E-state index contributed by atoms with van der Waals surface area (Å²) in [4.78, 5) is 11.8. The van der Waals surface area contributed by atoms with Crippen molar-refractivity contribution in [2.24, 2.45) is 0 Å². The highest BCUT2D eigenvalue weighted by atomic mass is 16.3. The molecule has 2 nitrogen and oxygen atoms in total. The smallest absolute Gasteiger partial charge is 0.168 e. The summed E-state index contributed by atoms with van der Waals surface area (Å²) in [6.07, 6.45) is -0.149. The van der Waals surface area contributed by atoms with Crippen molar-refractivity contribution < 1.29 is 9.90 Å². The van der Waals surface area contributed by atoms with E-state index in [2.05, 4.69) is 0 Å². The van der Waals surface area contributed by atoms with Crippen molar-refractivity contribution in [1.82, 2.24) is 0 Å². The number of aliphatic hydroxyl groups excluding tert-OH is 1. The zero-order chi connectivity index (χ0) is 11.4. The van der Waals surface area contributed by atoms with Gasteiger partial charge in [0.2, 0.25) is 0 Å². The van der Waals surface area contributed by atoms with Gasteiger partial charge in [-0.1, -0.05) is 31.2 Å². The summed E-state index contributed by atoms with van der Waals surface area (Å²) in [6, 6.07) is 7.84. The van der Waals surface area contributed by atoms with Crippen LogP contribution in [0.2, 0.25) is 0 Å². The quantitative estimate of drug-likeness (QED) is 0.821. The maximum Gasteiger partial charge on any atom is 0.168 e. The molecule has 0 aliphatic rings. The third-order valence-electron chi connectivity index (χ3n) is 2.73. The standard InChI is InChI=1S/C13H18O2/c1-4-11(13(15)10(3)14)12-8-6-5-7-9(12)2/h5-8,10-11,14H,4H2,1-3H3. The fourth-order valence-electron chi connectivity index (χ4n) is 1.84. The second kappa shape index (κ2) is 5.08. The minimum Gasteiger partial charge on any atom is -0.386 e. The number of rotatable bonds is 4. The zero-order valence-electron chi connectivity index (χ0n) is 9.53. The molecule has 0 saturated carbocycles. The second-order valence-electron chi connectivity index (χ2n) is 3.90. The van der Waals surface area contributed by atoms with Crippen LogP contribution < -0.4 is 0 Å². The van der Waals surface area contributed by atoms with Gasteiger partial charge < -0.3 is 5.11 Å². The van der Waals surface area contributed by atoms with E-state index in [0.29, 0.717) is 0 Å². The molecule has 0 spiro atoms. The Morgan fingerprint density at radius 1 is 1.40 bits per heavy atom. The van der Waals surface area contributed by atoms with Crippen LogP contribution in [-0.4, -0.2) is 17.0 Å². The molecule has 2 unspecified atom stereocenters. The van der Waals surface area contributed by atoms with E-state index in [-0.39, 0.29) is 11.7 Å². The summed E-state index contributed by atoms with van der Waals surface area (Å²) in [5.74, 6) is -0.266. The third kappa shape index (κ3) is 2.66. The lowest BCUT2D eigenvalue weighted by Crippen LogP contribution is -2.24. The first kappa shape index (κ1) is 11.9. The van der Waals surface area contributed by atoms with Gasteiger partial charge in [-0.25, -0.2) is 0 Å². The Morgan fingerprint density at radius 3 is 2.47 bits per heavy atom. The first-order chi connectivity index (χ1) is 7.07. The SMILES string of the molecule is CCC(C(=O)C(C)O)c1ccccc1C. The number of hydrogen-bond donors (Lipinski definition) is 1. The van der Waals surface area contributed by atoms with Gasteiger partial charge in [0.05, 0.1) is 0 Å². The summed E-state index contributed by atoms with van der Waals surface area (Å²) in [5, 5.41) is 9.33.